The van der Waals surface area contributed by atoms with Crippen LogP contribution in [0.3, 0.4) is 0 Å². The third-order valence-electron chi connectivity index (χ3n) is 3.12. The van der Waals surface area contributed by atoms with E-state index >= 15 is 0 Å². The van der Waals surface area contributed by atoms with Crippen LogP contribution in [0, 0.1) is 5.82 Å². The first-order chi connectivity index (χ1) is 7.61. The van der Waals surface area contributed by atoms with Crippen LogP contribution in [0.1, 0.15) is 29.9 Å². The minimum Gasteiger partial charge on any atom is -0.394 e. The number of aryl methyl sites for hydroxylation is 1. The van der Waals surface area contributed by atoms with Gasteiger partial charge in [0.25, 0.3) is 0 Å². The van der Waals surface area contributed by atoms with E-state index in [4.69, 9.17) is 5.11 Å². The standard InChI is InChI=1S/C12H14BrFO2/c13-11-5-9(14)3-7-1-2-8(12(7)11)4-10(16)6-15/h3,5,8,10,15-16H,1-2,4,6H2. The molecular weight excluding hydrogens is 275 g/mol. The zero-order valence-corrected chi connectivity index (χ0v) is 10.4. The van der Waals surface area contributed by atoms with Crippen LogP contribution >= 0.6 is 15.9 Å². The van der Waals surface area contributed by atoms with Gasteiger partial charge in [0.1, 0.15) is 5.82 Å². The van der Waals surface area contributed by atoms with Crippen molar-refractivity contribution in [2.75, 3.05) is 6.61 Å². The van der Waals surface area contributed by atoms with Crippen molar-refractivity contribution in [1.29, 1.82) is 0 Å². The summed E-state index contributed by atoms with van der Waals surface area (Å²) in [4.78, 5) is 0. The maximum Gasteiger partial charge on any atom is 0.124 e. The molecular formula is C12H14BrFO2. The Morgan fingerprint density at radius 2 is 2.25 bits per heavy atom. The molecule has 0 spiro atoms. The molecule has 1 aromatic carbocycles. The monoisotopic (exact) mass is 288 g/mol. The molecule has 0 aromatic heterocycles. The second-order valence-corrected chi connectivity index (χ2v) is 5.12. The normalized spacial score (nSPS) is 20.9. The van der Waals surface area contributed by atoms with Gasteiger partial charge in [-0.1, -0.05) is 15.9 Å². The maximum atomic E-state index is 13.2. The van der Waals surface area contributed by atoms with Gasteiger partial charge >= 0.3 is 0 Å². The summed E-state index contributed by atoms with van der Waals surface area (Å²) in [7, 11) is 0. The summed E-state index contributed by atoms with van der Waals surface area (Å²) in [5.41, 5.74) is 2.11. The van der Waals surface area contributed by atoms with E-state index in [1.165, 1.54) is 6.07 Å². The summed E-state index contributed by atoms with van der Waals surface area (Å²) >= 11 is 3.37. The van der Waals surface area contributed by atoms with Gasteiger partial charge in [-0.3, -0.25) is 0 Å². The van der Waals surface area contributed by atoms with E-state index in [2.05, 4.69) is 15.9 Å². The molecule has 2 atom stereocenters. The van der Waals surface area contributed by atoms with Gasteiger partial charge in [0.05, 0.1) is 12.7 Å². The Morgan fingerprint density at radius 1 is 1.50 bits per heavy atom. The molecule has 0 saturated carbocycles. The molecule has 0 bridgehead atoms. The highest BCUT2D eigenvalue weighted by molar-refractivity contribution is 9.10. The fourth-order valence-electron chi connectivity index (χ4n) is 2.41. The topological polar surface area (TPSA) is 40.5 Å². The zero-order chi connectivity index (χ0) is 11.7. The molecule has 1 aliphatic rings. The molecule has 2 nitrogen and oxygen atoms in total. The highest BCUT2D eigenvalue weighted by atomic mass is 79.9. The summed E-state index contributed by atoms with van der Waals surface area (Å²) in [6, 6.07) is 3.02. The molecule has 0 amide bonds. The molecule has 88 valence electrons. The van der Waals surface area contributed by atoms with E-state index in [1.54, 1.807) is 6.07 Å². The van der Waals surface area contributed by atoms with Crippen molar-refractivity contribution in [3.8, 4) is 0 Å². The smallest absolute Gasteiger partial charge is 0.124 e. The molecule has 0 fully saturated rings. The minimum absolute atomic E-state index is 0.215. The van der Waals surface area contributed by atoms with Crippen molar-refractivity contribution >= 4 is 15.9 Å². The SMILES string of the molecule is OCC(O)CC1CCc2cc(F)cc(Br)c21. The van der Waals surface area contributed by atoms with E-state index < -0.39 is 6.10 Å². The van der Waals surface area contributed by atoms with Crippen LogP contribution in [0.25, 0.3) is 0 Å². The largest absolute Gasteiger partial charge is 0.394 e. The quantitative estimate of drug-likeness (QED) is 0.897. The molecule has 4 heteroatoms. The fraction of sp³-hybridized carbons (Fsp3) is 0.500. The highest BCUT2D eigenvalue weighted by Crippen LogP contribution is 2.41. The highest BCUT2D eigenvalue weighted by Gasteiger charge is 2.27. The van der Waals surface area contributed by atoms with E-state index in [0.29, 0.717) is 6.42 Å². The summed E-state index contributed by atoms with van der Waals surface area (Å²) in [5.74, 6) is -0.0129. The minimum atomic E-state index is -0.687. The Kier molecular flexibility index (Phi) is 3.62. The average Bonchev–Trinajstić information content (AvgIpc) is 2.61. The van der Waals surface area contributed by atoms with E-state index in [0.717, 1.165) is 28.4 Å². The third kappa shape index (κ3) is 2.29. The van der Waals surface area contributed by atoms with Crippen LogP contribution in [0.2, 0.25) is 0 Å². The lowest BCUT2D eigenvalue weighted by Crippen LogP contribution is -2.15. The van der Waals surface area contributed by atoms with Crippen molar-refractivity contribution in [3.05, 3.63) is 33.5 Å². The second-order valence-electron chi connectivity index (χ2n) is 4.27. The number of aliphatic hydroxyl groups excluding tert-OH is 2. The van der Waals surface area contributed by atoms with Gasteiger partial charge in [-0.2, -0.15) is 0 Å². The predicted octanol–water partition coefficient (Wildman–Crippen LogP) is 2.36. The molecule has 1 aromatic rings. The maximum absolute atomic E-state index is 13.2. The van der Waals surface area contributed by atoms with E-state index in [1.807, 2.05) is 0 Å². The van der Waals surface area contributed by atoms with Gasteiger partial charge in [-0.05, 0) is 48.4 Å². The van der Waals surface area contributed by atoms with Crippen molar-refractivity contribution in [2.45, 2.75) is 31.3 Å². The lowest BCUT2D eigenvalue weighted by atomic mass is 9.95. The molecule has 2 rings (SSSR count). The average molecular weight is 289 g/mol. The molecule has 0 aliphatic heterocycles. The first-order valence-corrected chi connectivity index (χ1v) is 6.18. The number of hydrogen-bond donors (Lipinski definition) is 2. The molecule has 2 unspecified atom stereocenters. The molecule has 16 heavy (non-hydrogen) atoms. The van der Waals surface area contributed by atoms with E-state index in [9.17, 15) is 9.50 Å². The van der Waals surface area contributed by atoms with Crippen LogP contribution < -0.4 is 0 Å². The molecule has 0 radical (unpaired) electrons. The van der Waals surface area contributed by atoms with Crippen molar-refractivity contribution in [2.24, 2.45) is 0 Å². The lowest BCUT2D eigenvalue weighted by molar-refractivity contribution is 0.0822. The number of halogens is 2. The van der Waals surface area contributed by atoms with Gasteiger partial charge in [0.15, 0.2) is 0 Å². The van der Waals surface area contributed by atoms with Crippen molar-refractivity contribution < 1.29 is 14.6 Å². The third-order valence-corrected chi connectivity index (χ3v) is 3.77. The van der Waals surface area contributed by atoms with Crippen LogP contribution in [0.15, 0.2) is 16.6 Å². The Morgan fingerprint density at radius 3 is 2.94 bits per heavy atom. The number of hydrogen-bond acceptors (Lipinski definition) is 2. The Hall–Kier alpha value is -0.450. The van der Waals surface area contributed by atoms with Crippen LogP contribution in [0.5, 0.6) is 0 Å². The summed E-state index contributed by atoms with van der Waals surface area (Å²) < 4.78 is 13.9. The number of benzene rings is 1. The van der Waals surface area contributed by atoms with Gasteiger partial charge in [0, 0.05) is 4.47 Å². The van der Waals surface area contributed by atoms with Crippen LogP contribution in [-0.4, -0.2) is 22.9 Å². The summed E-state index contributed by atoms with van der Waals surface area (Å²) in [6.07, 6.45) is 1.60. The van der Waals surface area contributed by atoms with Gasteiger partial charge in [0.2, 0.25) is 0 Å². The fourth-order valence-corrected chi connectivity index (χ4v) is 3.21. The van der Waals surface area contributed by atoms with E-state index in [-0.39, 0.29) is 18.3 Å². The predicted molar refractivity (Wildman–Crippen MR) is 62.9 cm³/mol. The lowest BCUT2D eigenvalue weighted by Gasteiger charge is -2.16. The zero-order valence-electron chi connectivity index (χ0n) is 8.79. The second kappa shape index (κ2) is 4.82. The molecule has 2 N–H and O–H groups in total. The molecule has 0 heterocycles. The van der Waals surface area contributed by atoms with Crippen molar-refractivity contribution in [1.82, 2.24) is 0 Å². The molecule has 0 saturated heterocycles. The van der Waals surface area contributed by atoms with Crippen LogP contribution in [-0.2, 0) is 6.42 Å². The molecule has 1 aliphatic carbocycles. The Labute approximate surface area is 102 Å². The van der Waals surface area contributed by atoms with Gasteiger partial charge < -0.3 is 10.2 Å². The van der Waals surface area contributed by atoms with Crippen LogP contribution in [0.4, 0.5) is 4.39 Å². The summed E-state index contributed by atoms with van der Waals surface area (Å²) in [6.45, 7) is -0.218. The van der Waals surface area contributed by atoms with Gasteiger partial charge in [-0.25, -0.2) is 4.39 Å². The Bertz CT molecular complexity index is 395. The first-order valence-electron chi connectivity index (χ1n) is 5.38. The first kappa shape index (κ1) is 12.0. The van der Waals surface area contributed by atoms with Crippen molar-refractivity contribution in [3.63, 3.8) is 0 Å². The summed E-state index contributed by atoms with van der Waals surface area (Å²) in [5, 5.41) is 18.3. The number of fused-ring (bicyclic) bond motifs is 1. The Balaban J connectivity index is 2.25. The van der Waals surface area contributed by atoms with Gasteiger partial charge in [-0.15, -0.1) is 0 Å². The number of rotatable bonds is 3. The number of aliphatic hydroxyl groups is 2.